The van der Waals surface area contributed by atoms with Crippen molar-refractivity contribution < 1.29 is 4.21 Å². The van der Waals surface area contributed by atoms with E-state index in [9.17, 15) is 4.21 Å². The summed E-state index contributed by atoms with van der Waals surface area (Å²) in [5.74, 6) is 1.40. The van der Waals surface area contributed by atoms with Gasteiger partial charge in [0, 0.05) is 34.4 Å². The third-order valence-electron chi connectivity index (χ3n) is 3.56. The van der Waals surface area contributed by atoms with E-state index in [0.717, 1.165) is 32.3 Å². The largest absolute Gasteiger partial charge is 0.312 e. The zero-order valence-electron chi connectivity index (χ0n) is 12.7. The molecule has 0 saturated heterocycles. The van der Waals surface area contributed by atoms with Crippen molar-refractivity contribution in [3.63, 3.8) is 0 Å². The predicted molar refractivity (Wildman–Crippen MR) is 92.7 cm³/mol. The Balaban J connectivity index is 2.23. The van der Waals surface area contributed by atoms with Crippen molar-refractivity contribution in [1.82, 2.24) is 14.5 Å². The van der Waals surface area contributed by atoms with E-state index in [4.69, 9.17) is 4.98 Å². The molecule has 0 aliphatic rings. The Morgan fingerprint density at radius 3 is 2.82 bits per heavy atom. The molecule has 3 aromatic rings. The SMILES string of the molecule is CCS(=O)c1ccccc1-c1nc2cc(SC)cnc2n1C. The van der Waals surface area contributed by atoms with E-state index < -0.39 is 10.8 Å². The number of benzene rings is 1. The fourth-order valence-electron chi connectivity index (χ4n) is 2.42. The van der Waals surface area contributed by atoms with Crippen LogP contribution >= 0.6 is 11.8 Å². The summed E-state index contributed by atoms with van der Waals surface area (Å²) in [7, 11) is 0.930. The standard InChI is InChI=1S/C16H17N3OS2/c1-4-22(20)14-8-6-5-7-12(14)15-18-13-9-11(21-3)10-17-16(13)19(15)2/h5-10H,4H2,1-3H3. The lowest BCUT2D eigenvalue weighted by Gasteiger charge is -2.08. The Bertz CT molecular complexity index is 858. The molecule has 0 radical (unpaired) electrons. The van der Waals surface area contributed by atoms with E-state index in [2.05, 4.69) is 4.98 Å². The summed E-state index contributed by atoms with van der Waals surface area (Å²) in [4.78, 5) is 11.1. The van der Waals surface area contributed by atoms with E-state index >= 15 is 0 Å². The van der Waals surface area contributed by atoms with Gasteiger partial charge >= 0.3 is 0 Å². The van der Waals surface area contributed by atoms with Gasteiger partial charge in [0.15, 0.2) is 5.65 Å². The molecule has 0 N–H and O–H groups in total. The van der Waals surface area contributed by atoms with Crippen LogP contribution in [0.15, 0.2) is 46.3 Å². The van der Waals surface area contributed by atoms with E-state index in [1.165, 1.54) is 0 Å². The molecule has 3 rings (SSSR count). The number of aryl methyl sites for hydroxylation is 1. The van der Waals surface area contributed by atoms with Crippen molar-refractivity contribution in [3.8, 4) is 11.4 Å². The molecule has 114 valence electrons. The van der Waals surface area contributed by atoms with Gasteiger partial charge in [0.1, 0.15) is 11.3 Å². The Labute approximate surface area is 136 Å². The van der Waals surface area contributed by atoms with E-state index in [-0.39, 0.29) is 0 Å². The quantitative estimate of drug-likeness (QED) is 0.687. The number of hydrogen-bond donors (Lipinski definition) is 0. The second-order valence-electron chi connectivity index (χ2n) is 4.84. The van der Waals surface area contributed by atoms with Crippen molar-refractivity contribution >= 4 is 33.7 Å². The maximum Gasteiger partial charge on any atom is 0.160 e. The number of thioether (sulfide) groups is 1. The highest BCUT2D eigenvalue weighted by atomic mass is 32.2. The molecule has 0 amide bonds. The van der Waals surface area contributed by atoms with Gasteiger partial charge in [0.25, 0.3) is 0 Å². The minimum absolute atomic E-state index is 0.593. The summed E-state index contributed by atoms with van der Waals surface area (Å²) < 4.78 is 14.3. The van der Waals surface area contributed by atoms with Gasteiger partial charge in [-0.25, -0.2) is 9.97 Å². The van der Waals surface area contributed by atoms with Crippen LogP contribution in [0, 0.1) is 0 Å². The Kier molecular flexibility index (Phi) is 4.31. The van der Waals surface area contributed by atoms with Gasteiger partial charge in [0.05, 0.1) is 10.8 Å². The highest BCUT2D eigenvalue weighted by Crippen LogP contribution is 2.29. The maximum atomic E-state index is 12.3. The zero-order chi connectivity index (χ0) is 15.7. The maximum absolute atomic E-state index is 12.3. The Hall–Kier alpha value is -1.66. The molecule has 0 saturated carbocycles. The first-order valence-corrected chi connectivity index (χ1v) is 9.54. The van der Waals surface area contributed by atoms with E-state index in [1.54, 1.807) is 11.8 Å². The van der Waals surface area contributed by atoms with Gasteiger partial charge in [-0.1, -0.05) is 25.1 Å². The van der Waals surface area contributed by atoms with Gasteiger partial charge in [-0.05, 0) is 18.4 Å². The summed E-state index contributed by atoms with van der Waals surface area (Å²) in [6, 6.07) is 9.79. The molecule has 1 aromatic carbocycles. The number of rotatable bonds is 4. The van der Waals surface area contributed by atoms with Crippen LogP contribution in [0.1, 0.15) is 6.92 Å². The Morgan fingerprint density at radius 2 is 2.09 bits per heavy atom. The van der Waals surface area contributed by atoms with Crippen LogP contribution in [0.3, 0.4) is 0 Å². The summed E-state index contributed by atoms with van der Waals surface area (Å²) in [5.41, 5.74) is 2.61. The molecule has 0 spiro atoms. The summed E-state index contributed by atoms with van der Waals surface area (Å²) in [5, 5.41) is 0. The average Bonchev–Trinajstić information content (AvgIpc) is 2.90. The van der Waals surface area contributed by atoms with Crippen LogP contribution < -0.4 is 0 Å². The van der Waals surface area contributed by atoms with Crippen molar-refractivity contribution in [2.75, 3.05) is 12.0 Å². The lowest BCUT2D eigenvalue weighted by atomic mass is 10.2. The average molecular weight is 331 g/mol. The molecule has 6 heteroatoms. The minimum atomic E-state index is -1.02. The lowest BCUT2D eigenvalue weighted by Crippen LogP contribution is -2.00. The molecule has 2 aromatic heterocycles. The molecule has 0 aliphatic carbocycles. The molecule has 0 bridgehead atoms. The Morgan fingerprint density at radius 1 is 1.32 bits per heavy atom. The van der Waals surface area contributed by atoms with Gasteiger partial charge in [0.2, 0.25) is 0 Å². The van der Waals surface area contributed by atoms with Crippen LogP contribution in [-0.4, -0.2) is 30.8 Å². The summed E-state index contributed by atoms with van der Waals surface area (Å²) in [6.07, 6.45) is 3.88. The molecule has 1 atom stereocenters. The predicted octanol–water partition coefficient (Wildman–Crippen LogP) is 3.48. The number of imidazole rings is 1. The second kappa shape index (κ2) is 6.22. The van der Waals surface area contributed by atoms with Crippen molar-refractivity contribution in [3.05, 3.63) is 36.5 Å². The zero-order valence-corrected chi connectivity index (χ0v) is 14.4. The van der Waals surface area contributed by atoms with Crippen LogP contribution in [0.2, 0.25) is 0 Å². The van der Waals surface area contributed by atoms with Crippen molar-refractivity contribution in [1.29, 1.82) is 0 Å². The molecule has 2 heterocycles. The van der Waals surface area contributed by atoms with Crippen LogP contribution in [0.5, 0.6) is 0 Å². The van der Waals surface area contributed by atoms with E-state index in [1.807, 2.05) is 61.3 Å². The number of fused-ring (bicyclic) bond motifs is 1. The fourth-order valence-corrected chi connectivity index (χ4v) is 3.75. The monoisotopic (exact) mass is 331 g/mol. The van der Waals surface area contributed by atoms with Crippen molar-refractivity contribution in [2.24, 2.45) is 7.05 Å². The number of nitrogens with zero attached hydrogens (tertiary/aromatic N) is 3. The van der Waals surface area contributed by atoms with E-state index in [0.29, 0.717) is 5.75 Å². The molecular formula is C16H17N3OS2. The molecule has 1 unspecified atom stereocenters. The molecule has 0 fully saturated rings. The summed E-state index contributed by atoms with van der Waals surface area (Å²) >= 11 is 1.65. The molecule has 0 aliphatic heterocycles. The molecule has 22 heavy (non-hydrogen) atoms. The fraction of sp³-hybridized carbons (Fsp3) is 0.250. The third-order valence-corrected chi connectivity index (χ3v) is 5.62. The first-order chi connectivity index (χ1) is 10.7. The van der Waals surface area contributed by atoms with Gasteiger partial charge in [-0.3, -0.25) is 4.21 Å². The molecule has 4 nitrogen and oxygen atoms in total. The first kappa shape index (κ1) is 15.2. The smallest absolute Gasteiger partial charge is 0.160 e. The lowest BCUT2D eigenvalue weighted by molar-refractivity contribution is 0.684. The van der Waals surface area contributed by atoms with Gasteiger partial charge in [-0.15, -0.1) is 11.8 Å². The number of aromatic nitrogens is 3. The highest BCUT2D eigenvalue weighted by molar-refractivity contribution is 7.98. The van der Waals surface area contributed by atoms with Gasteiger partial charge < -0.3 is 4.57 Å². The van der Waals surface area contributed by atoms with Crippen LogP contribution in [0.4, 0.5) is 0 Å². The normalized spacial score (nSPS) is 12.7. The second-order valence-corrected chi connectivity index (χ2v) is 7.43. The number of hydrogen-bond acceptors (Lipinski definition) is 4. The highest BCUT2D eigenvalue weighted by Gasteiger charge is 2.16. The number of pyridine rings is 1. The van der Waals surface area contributed by atoms with Crippen LogP contribution in [-0.2, 0) is 17.8 Å². The molecular weight excluding hydrogens is 314 g/mol. The van der Waals surface area contributed by atoms with Gasteiger partial charge in [-0.2, -0.15) is 0 Å². The summed E-state index contributed by atoms with van der Waals surface area (Å²) in [6.45, 7) is 1.92. The first-order valence-electron chi connectivity index (χ1n) is 7.00. The minimum Gasteiger partial charge on any atom is -0.312 e. The third kappa shape index (κ3) is 2.57. The van der Waals surface area contributed by atoms with Crippen molar-refractivity contribution in [2.45, 2.75) is 16.7 Å². The van der Waals surface area contributed by atoms with Crippen LogP contribution in [0.25, 0.3) is 22.6 Å². The topological polar surface area (TPSA) is 47.8 Å².